The molecule has 0 saturated carbocycles. The molecular weight excluding hydrogens is 208 g/mol. The number of hydrogen-bond donors (Lipinski definition) is 1. The van der Waals surface area contributed by atoms with Crippen LogP contribution in [0.25, 0.3) is 0 Å². The summed E-state index contributed by atoms with van der Waals surface area (Å²) in [4.78, 5) is 2.61. The minimum atomic E-state index is 0.315. The molecule has 2 heteroatoms. The lowest BCUT2D eigenvalue weighted by Crippen LogP contribution is -2.54. The Hall–Kier alpha value is -0.860. The van der Waals surface area contributed by atoms with Crippen LogP contribution in [0.2, 0.25) is 0 Å². The average molecular weight is 232 g/mol. The van der Waals surface area contributed by atoms with Gasteiger partial charge in [-0.2, -0.15) is 0 Å². The van der Waals surface area contributed by atoms with Crippen molar-refractivity contribution in [1.82, 2.24) is 10.2 Å². The second-order valence-corrected chi connectivity index (χ2v) is 5.53. The highest BCUT2D eigenvalue weighted by atomic mass is 15.2. The Bertz CT molecular complexity index is 345. The number of rotatable bonds is 3. The topological polar surface area (TPSA) is 15.3 Å². The SMILES string of the molecule is CCC(C)(C)N1CCNC(c2ccccc2)C1. The molecule has 1 saturated heterocycles. The Morgan fingerprint density at radius 2 is 2.00 bits per heavy atom. The maximum Gasteiger partial charge on any atom is 0.0449 e. The molecular formula is C15H24N2. The minimum Gasteiger partial charge on any atom is -0.308 e. The molecule has 17 heavy (non-hydrogen) atoms. The molecule has 0 bridgehead atoms. The van der Waals surface area contributed by atoms with Crippen LogP contribution in [0.5, 0.6) is 0 Å². The maximum atomic E-state index is 3.62. The van der Waals surface area contributed by atoms with Gasteiger partial charge in [-0.1, -0.05) is 37.3 Å². The van der Waals surface area contributed by atoms with Crippen LogP contribution < -0.4 is 5.32 Å². The van der Waals surface area contributed by atoms with E-state index >= 15 is 0 Å². The zero-order chi connectivity index (χ0) is 12.3. The molecule has 2 rings (SSSR count). The largest absolute Gasteiger partial charge is 0.308 e. The molecule has 1 atom stereocenters. The number of piperazine rings is 1. The molecule has 0 aliphatic carbocycles. The van der Waals surface area contributed by atoms with Gasteiger partial charge in [-0.25, -0.2) is 0 Å². The van der Waals surface area contributed by atoms with Gasteiger partial charge < -0.3 is 5.32 Å². The molecule has 1 fully saturated rings. The summed E-state index contributed by atoms with van der Waals surface area (Å²) in [5.74, 6) is 0. The van der Waals surface area contributed by atoms with Crippen molar-refractivity contribution in [1.29, 1.82) is 0 Å². The average Bonchev–Trinajstić information content (AvgIpc) is 2.40. The molecule has 1 unspecified atom stereocenters. The predicted octanol–water partition coefficient (Wildman–Crippen LogP) is 2.82. The second-order valence-electron chi connectivity index (χ2n) is 5.53. The molecule has 1 N–H and O–H groups in total. The van der Waals surface area contributed by atoms with Gasteiger partial charge in [0.15, 0.2) is 0 Å². The first-order chi connectivity index (χ1) is 8.13. The van der Waals surface area contributed by atoms with Crippen LogP contribution in [0.3, 0.4) is 0 Å². The van der Waals surface area contributed by atoms with Gasteiger partial charge in [0.25, 0.3) is 0 Å². The van der Waals surface area contributed by atoms with E-state index in [1.807, 2.05) is 0 Å². The van der Waals surface area contributed by atoms with Gasteiger partial charge >= 0.3 is 0 Å². The van der Waals surface area contributed by atoms with Gasteiger partial charge in [0.1, 0.15) is 0 Å². The number of hydrogen-bond acceptors (Lipinski definition) is 2. The van der Waals surface area contributed by atoms with Crippen molar-refractivity contribution < 1.29 is 0 Å². The van der Waals surface area contributed by atoms with Gasteiger partial charge in [0.2, 0.25) is 0 Å². The number of nitrogens with zero attached hydrogens (tertiary/aromatic N) is 1. The highest BCUT2D eigenvalue weighted by molar-refractivity contribution is 5.20. The summed E-state index contributed by atoms with van der Waals surface area (Å²) < 4.78 is 0. The van der Waals surface area contributed by atoms with E-state index in [0.29, 0.717) is 11.6 Å². The summed E-state index contributed by atoms with van der Waals surface area (Å²) in [6.45, 7) is 10.3. The van der Waals surface area contributed by atoms with Crippen molar-refractivity contribution in [3.63, 3.8) is 0 Å². The van der Waals surface area contributed by atoms with Crippen LogP contribution in [0, 0.1) is 0 Å². The number of benzene rings is 1. The minimum absolute atomic E-state index is 0.315. The Kier molecular flexibility index (Phi) is 3.85. The van der Waals surface area contributed by atoms with Crippen molar-refractivity contribution in [2.45, 2.75) is 38.8 Å². The lowest BCUT2D eigenvalue weighted by Gasteiger charge is -2.43. The van der Waals surface area contributed by atoms with E-state index < -0.39 is 0 Å². The third-order valence-corrected chi connectivity index (χ3v) is 4.10. The summed E-state index contributed by atoms with van der Waals surface area (Å²) in [6.07, 6.45) is 1.20. The molecule has 1 aromatic rings. The van der Waals surface area contributed by atoms with Crippen molar-refractivity contribution in [3.8, 4) is 0 Å². The summed E-state index contributed by atoms with van der Waals surface area (Å²) >= 11 is 0. The maximum absolute atomic E-state index is 3.62. The van der Waals surface area contributed by atoms with Crippen LogP contribution in [0.4, 0.5) is 0 Å². The van der Waals surface area contributed by atoms with E-state index in [4.69, 9.17) is 0 Å². The first-order valence-corrected chi connectivity index (χ1v) is 6.67. The van der Waals surface area contributed by atoms with Gasteiger partial charge in [-0.3, -0.25) is 4.90 Å². The van der Waals surface area contributed by atoms with Crippen molar-refractivity contribution in [3.05, 3.63) is 35.9 Å². The van der Waals surface area contributed by atoms with E-state index in [-0.39, 0.29) is 0 Å². The Morgan fingerprint density at radius 1 is 1.29 bits per heavy atom. The fourth-order valence-electron chi connectivity index (χ4n) is 2.43. The van der Waals surface area contributed by atoms with Crippen LogP contribution in [-0.2, 0) is 0 Å². The van der Waals surface area contributed by atoms with Crippen LogP contribution >= 0.6 is 0 Å². The highest BCUT2D eigenvalue weighted by Gasteiger charge is 2.30. The zero-order valence-corrected chi connectivity index (χ0v) is 11.2. The summed E-state index contributed by atoms with van der Waals surface area (Å²) in [7, 11) is 0. The molecule has 1 aliphatic rings. The standard InChI is InChI=1S/C15H24N2/c1-4-15(2,3)17-11-10-16-14(12-17)13-8-6-5-7-9-13/h5-9,14,16H,4,10-12H2,1-3H3. The lowest BCUT2D eigenvalue weighted by atomic mass is 9.95. The molecule has 0 amide bonds. The summed E-state index contributed by atoms with van der Waals surface area (Å²) in [5.41, 5.74) is 1.72. The molecule has 0 spiro atoms. The Labute approximate surface area is 105 Å². The molecule has 0 aromatic heterocycles. The van der Waals surface area contributed by atoms with E-state index in [1.165, 1.54) is 12.0 Å². The zero-order valence-electron chi connectivity index (χ0n) is 11.2. The monoisotopic (exact) mass is 232 g/mol. The molecule has 2 nitrogen and oxygen atoms in total. The van der Waals surface area contributed by atoms with E-state index in [0.717, 1.165) is 19.6 Å². The van der Waals surface area contributed by atoms with Gasteiger partial charge in [0, 0.05) is 31.2 Å². The van der Waals surface area contributed by atoms with Gasteiger partial charge in [-0.05, 0) is 25.8 Å². The Balaban J connectivity index is 2.08. The highest BCUT2D eigenvalue weighted by Crippen LogP contribution is 2.25. The van der Waals surface area contributed by atoms with Gasteiger partial charge in [0.05, 0.1) is 0 Å². The first-order valence-electron chi connectivity index (χ1n) is 6.67. The third kappa shape index (κ3) is 2.88. The summed E-state index contributed by atoms with van der Waals surface area (Å²) in [5, 5.41) is 3.62. The van der Waals surface area contributed by atoms with E-state index in [2.05, 4.69) is 61.3 Å². The van der Waals surface area contributed by atoms with Crippen LogP contribution in [-0.4, -0.2) is 30.1 Å². The van der Waals surface area contributed by atoms with Gasteiger partial charge in [-0.15, -0.1) is 0 Å². The first kappa shape index (κ1) is 12.6. The molecule has 1 aromatic carbocycles. The fraction of sp³-hybridized carbons (Fsp3) is 0.600. The van der Waals surface area contributed by atoms with Crippen molar-refractivity contribution in [2.24, 2.45) is 0 Å². The summed E-state index contributed by atoms with van der Waals surface area (Å²) in [6, 6.07) is 11.3. The second kappa shape index (κ2) is 5.19. The predicted molar refractivity (Wildman–Crippen MR) is 73.1 cm³/mol. The number of nitrogens with one attached hydrogen (secondary N) is 1. The van der Waals surface area contributed by atoms with Crippen molar-refractivity contribution in [2.75, 3.05) is 19.6 Å². The normalized spacial score (nSPS) is 22.6. The van der Waals surface area contributed by atoms with Crippen molar-refractivity contribution >= 4 is 0 Å². The molecule has 94 valence electrons. The smallest absolute Gasteiger partial charge is 0.0449 e. The van der Waals surface area contributed by atoms with E-state index in [9.17, 15) is 0 Å². The van der Waals surface area contributed by atoms with Crippen LogP contribution in [0.1, 0.15) is 38.8 Å². The molecule has 0 radical (unpaired) electrons. The van der Waals surface area contributed by atoms with Crippen LogP contribution in [0.15, 0.2) is 30.3 Å². The Morgan fingerprint density at radius 3 is 2.65 bits per heavy atom. The third-order valence-electron chi connectivity index (χ3n) is 4.10. The molecule has 1 aliphatic heterocycles. The lowest BCUT2D eigenvalue weighted by molar-refractivity contribution is 0.0791. The fourth-order valence-corrected chi connectivity index (χ4v) is 2.43. The molecule has 1 heterocycles. The quantitative estimate of drug-likeness (QED) is 0.862. The van der Waals surface area contributed by atoms with E-state index in [1.54, 1.807) is 0 Å².